The summed E-state index contributed by atoms with van der Waals surface area (Å²) in [5.41, 5.74) is 1.14. The summed E-state index contributed by atoms with van der Waals surface area (Å²) in [5, 5.41) is 11.5. The zero-order chi connectivity index (χ0) is 18.8. The molecule has 2 unspecified atom stereocenters. The Kier molecular flexibility index (Phi) is 4.92. The number of carboxylic acids is 1. The van der Waals surface area contributed by atoms with Gasteiger partial charge in [-0.25, -0.2) is 4.79 Å². The minimum Gasteiger partial charge on any atom is -0.479 e. The minimum absolute atomic E-state index is 0.197. The van der Waals surface area contributed by atoms with Crippen LogP contribution in [-0.2, 0) is 20.9 Å². The molecule has 1 saturated heterocycles. The van der Waals surface area contributed by atoms with Gasteiger partial charge in [0, 0.05) is 18.5 Å². The van der Waals surface area contributed by atoms with Crippen molar-refractivity contribution in [3.8, 4) is 5.75 Å². The lowest BCUT2D eigenvalue weighted by atomic mass is 10.0. The number of aliphatic carboxylic acids is 1. The Morgan fingerprint density at radius 3 is 2.81 bits per heavy atom. The quantitative estimate of drug-likeness (QED) is 0.734. The summed E-state index contributed by atoms with van der Waals surface area (Å²) in [6, 6.07) is 4.12. The van der Waals surface area contributed by atoms with Crippen LogP contribution in [0.5, 0.6) is 5.75 Å². The number of carbonyl (C=O) groups is 4. The van der Waals surface area contributed by atoms with E-state index in [1.165, 1.54) is 4.90 Å². The van der Waals surface area contributed by atoms with Gasteiger partial charge in [-0.1, -0.05) is 13.3 Å². The summed E-state index contributed by atoms with van der Waals surface area (Å²) in [7, 11) is 0. The Morgan fingerprint density at radius 2 is 2.15 bits per heavy atom. The standard InChI is InChI=1S/C18H20N2O6/c1-2-3-14(18(24)25)26-11-4-5-12-10(8-11)9-20(17(12)23)13-6-7-15(21)19-16(13)22/h4-5,8,13-14H,2-3,6-7,9H2,1H3,(H,24,25)(H,19,21,22). The van der Waals surface area contributed by atoms with Gasteiger partial charge in [-0.2, -0.15) is 0 Å². The number of rotatable bonds is 6. The van der Waals surface area contributed by atoms with E-state index in [0.29, 0.717) is 36.1 Å². The number of benzene rings is 1. The van der Waals surface area contributed by atoms with Gasteiger partial charge in [-0.05, 0) is 36.6 Å². The van der Waals surface area contributed by atoms with E-state index < -0.39 is 24.0 Å². The zero-order valence-corrected chi connectivity index (χ0v) is 14.4. The van der Waals surface area contributed by atoms with Crippen molar-refractivity contribution < 1.29 is 29.0 Å². The Hall–Kier alpha value is -2.90. The smallest absolute Gasteiger partial charge is 0.344 e. The molecule has 0 aliphatic carbocycles. The zero-order valence-electron chi connectivity index (χ0n) is 14.4. The highest BCUT2D eigenvalue weighted by molar-refractivity contribution is 6.05. The molecule has 138 valence electrons. The highest BCUT2D eigenvalue weighted by Crippen LogP contribution is 2.30. The second-order valence-corrected chi connectivity index (χ2v) is 6.45. The van der Waals surface area contributed by atoms with E-state index in [4.69, 9.17) is 4.74 Å². The molecule has 0 spiro atoms. The predicted molar refractivity (Wildman–Crippen MR) is 89.4 cm³/mol. The molecule has 1 fully saturated rings. The lowest BCUT2D eigenvalue weighted by Crippen LogP contribution is -2.52. The summed E-state index contributed by atoms with van der Waals surface area (Å²) >= 11 is 0. The number of piperidine rings is 1. The van der Waals surface area contributed by atoms with Crippen LogP contribution in [0.25, 0.3) is 0 Å². The summed E-state index contributed by atoms with van der Waals surface area (Å²) < 4.78 is 5.54. The number of carboxylic acid groups (broad SMARTS) is 1. The van der Waals surface area contributed by atoms with Crippen LogP contribution in [0.1, 0.15) is 48.5 Å². The topological polar surface area (TPSA) is 113 Å². The van der Waals surface area contributed by atoms with Gasteiger partial charge in [-0.15, -0.1) is 0 Å². The first-order valence-electron chi connectivity index (χ1n) is 8.57. The summed E-state index contributed by atoms with van der Waals surface area (Å²) in [6.45, 7) is 2.10. The fourth-order valence-electron chi connectivity index (χ4n) is 3.28. The number of fused-ring (bicyclic) bond motifs is 1. The molecule has 1 aromatic rings. The molecule has 0 aromatic heterocycles. The van der Waals surface area contributed by atoms with Crippen LogP contribution in [0, 0.1) is 0 Å². The normalized spacial score (nSPS) is 20.6. The molecule has 2 heterocycles. The number of amides is 3. The average molecular weight is 360 g/mol. The molecular formula is C18H20N2O6. The van der Waals surface area contributed by atoms with E-state index >= 15 is 0 Å². The maximum absolute atomic E-state index is 12.6. The summed E-state index contributed by atoms with van der Waals surface area (Å²) in [5.74, 6) is -1.73. The molecule has 0 bridgehead atoms. The number of carbonyl (C=O) groups excluding carboxylic acids is 3. The van der Waals surface area contributed by atoms with E-state index in [1.54, 1.807) is 18.2 Å². The van der Waals surface area contributed by atoms with Crippen LogP contribution in [-0.4, -0.2) is 45.8 Å². The van der Waals surface area contributed by atoms with Gasteiger partial charge in [0.1, 0.15) is 11.8 Å². The maximum Gasteiger partial charge on any atom is 0.344 e. The van der Waals surface area contributed by atoms with Crippen molar-refractivity contribution in [1.82, 2.24) is 10.2 Å². The molecule has 3 rings (SSSR count). The lowest BCUT2D eigenvalue weighted by molar-refractivity contribution is -0.145. The van der Waals surface area contributed by atoms with Gasteiger partial charge in [0.25, 0.3) is 5.91 Å². The molecule has 26 heavy (non-hydrogen) atoms. The van der Waals surface area contributed by atoms with Crippen molar-refractivity contribution in [1.29, 1.82) is 0 Å². The molecule has 0 radical (unpaired) electrons. The fourth-order valence-corrected chi connectivity index (χ4v) is 3.28. The largest absolute Gasteiger partial charge is 0.479 e. The van der Waals surface area contributed by atoms with Gasteiger partial charge in [0.05, 0.1) is 0 Å². The van der Waals surface area contributed by atoms with E-state index in [1.807, 2.05) is 6.92 Å². The molecule has 3 amide bonds. The molecule has 1 aromatic carbocycles. The molecule has 2 aliphatic heterocycles. The molecule has 0 saturated carbocycles. The number of nitrogens with zero attached hydrogens (tertiary/aromatic N) is 1. The highest BCUT2D eigenvalue weighted by atomic mass is 16.5. The highest BCUT2D eigenvalue weighted by Gasteiger charge is 2.39. The van der Waals surface area contributed by atoms with Crippen molar-refractivity contribution in [2.75, 3.05) is 0 Å². The number of ether oxygens (including phenoxy) is 1. The first-order chi connectivity index (χ1) is 12.4. The lowest BCUT2D eigenvalue weighted by Gasteiger charge is -2.29. The fraction of sp³-hybridized carbons (Fsp3) is 0.444. The number of nitrogens with one attached hydrogen (secondary N) is 1. The van der Waals surface area contributed by atoms with Gasteiger partial charge >= 0.3 is 5.97 Å². The van der Waals surface area contributed by atoms with Crippen LogP contribution in [0.3, 0.4) is 0 Å². The second-order valence-electron chi connectivity index (χ2n) is 6.45. The van der Waals surface area contributed by atoms with Crippen molar-refractivity contribution in [2.45, 2.75) is 51.3 Å². The van der Waals surface area contributed by atoms with Gasteiger partial charge in [0.15, 0.2) is 6.10 Å². The van der Waals surface area contributed by atoms with Crippen molar-refractivity contribution in [2.24, 2.45) is 0 Å². The van der Waals surface area contributed by atoms with E-state index in [0.717, 1.165) is 0 Å². The van der Waals surface area contributed by atoms with Gasteiger partial charge < -0.3 is 14.7 Å². The third kappa shape index (κ3) is 3.40. The van der Waals surface area contributed by atoms with E-state index in [-0.39, 0.29) is 24.8 Å². The average Bonchev–Trinajstić information content (AvgIpc) is 2.90. The van der Waals surface area contributed by atoms with Crippen LogP contribution in [0.4, 0.5) is 0 Å². The minimum atomic E-state index is -1.03. The maximum atomic E-state index is 12.6. The Bertz CT molecular complexity index is 775. The first kappa shape index (κ1) is 17.9. The van der Waals surface area contributed by atoms with Crippen molar-refractivity contribution >= 4 is 23.7 Å². The van der Waals surface area contributed by atoms with Crippen LogP contribution in [0.2, 0.25) is 0 Å². The molecule has 2 atom stereocenters. The first-order valence-corrected chi connectivity index (χ1v) is 8.57. The van der Waals surface area contributed by atoms with Crippen molar-refractivity contribution in [3.63, 3.8) is 0 Å². The van der Waals surface area contributed by atoms with Gasteiger partial charge in [0.2, 0.25) is 11.8 Å². The third-order valence-corrected chi connectivity index (χ3v) is 4.60. The van der Waals surface area contributed by atoms with E-state index in [9.17, 15) is 24.3 Å². The Balaban J connectivity index is 1.77. The third-order valence-electron chi connectivity index (χ3n) is 4.60. The summed E-state index contributed by atoms with van der Waals surface area (Å²) in [4.78, 5) is 48.6. The Labute approximate surface area is 150 Å². The molecule has 2 N–H and O–H groups in total. The van der Waals surface area contributed by atoms with Crippen molar-refractivity contribution in [3.05, 3.63) is 29.3 Å². The van der Waals surface area contributed by atoms with Crippen LogP contribution >= 0.6 is 0 Å². The number of imide groups is 1. The Morgan fingerprint density at radius 1 is 1.38 bits per heavy atom. The second kappa shape index (κ2) is 7.15. The molecular weight excluding hydrogens is 340 g/mol. The number of hydrogen-bond acceptors (Lipinski definition) is 5. The van der Waals surface area contributed by atoms with E-state index in [2.05, 4.69) is 5.32 Å². The molecule has 8 heteroatoms. The van der Waals surface area contributed by atoms with Gasteiger partial charge in [-0.3, -0.25) is 19.7 Å². The molecule has 8 nitrogen and oxygen atoms in total. The SMILES string of the molecule is CCCC(Oc1ccc2c(c1)CN(C1CCC(=O)NC1=O)C2=O)C(=O)O. The molecule has 2 aliphatic rings. The van der Waals surface area contributed by atoms with Crippen LogP contribution < -0.4 is 10.1 Å². The monoisotopic (exact) mass is 360 g/mol. The number of hydrogen-bond donors (Lipinski definition) is 2. The van der Waals surface area contributed by atoms with Crippen LogP contribution in [0.15, 0.2) is 18.2 Å². The summed E-state index contributed by atoms with van der Waals surface area (Å²) in [6.07, 6.45) is 0.603. The predicted octanol–water partition coefficient (Wildman–Crippen LogP) is 1.08.